The molecule has 1 aromatic heterocycles. The second-order valence-corrected chi connectivity index (χ2v) is 7.74. The van der Waals surface area contributed by atoms with Gasteiger partial charge in [-0.15, -0.1) is 0 Å². The molecule has 1 N–H and O–H groups in total. The fourth-order valence-corrected chi connectivity index (χ4v) is 4.40. The molecule has 3 aromatic rings. The number of amides is 1. The second-order valence-electron chi connectivity index (χ2n) is 5.59. The molecule has 0 fully saturated rings. The van der Waals surface area contributed by atoms with Crippen LogP contribution in [0.15, 0.2) is 48.5 Å². The molecule has 25 heavy (non-hydrogen) atoms. The van der Waals surface area contributed by atoms with Gasteiger partial charge in [0, 0.05) is 20.6 Å². The Bertz CT molecular complexity index is 955. The van der Waals surface area contributed by atoms with E-state index >= 15 is 0 Å². The summed E-state index contributed by atoms with van der Waals surface area (Å²) >= 11 is 3.92. The largest absolute Gasteiger partial charge is 0.306 e. The number of hydrogen-bond acceptors (Lipinski definition) is 3. The van der Waals surface area contributed by atoms with Gasteiger partial charge in [-0.05, 0) is 59.0 Å². The fourth-order valence-electron chi connectivity index (χ4n) is 2.73. The van der Waals surface area contributed by atoms with Gasteiger partial charge in [-0.1, -0.05) is 12.1 Å². The van der Waals surface area contributed by atoms with Gasteiger partial charge < -0.3 is 5.32 Å². The van der Waals surface area contributed by atoms with Crippen LogP contribution in [0.5, 0.6) is 0 Å². The second kappa shape index (κ2) is 6.80. The summed E-state index contributed by atoms with van der Waals surface area (Å²) in [5.41, 5.74) is 3.34. The van der Waals surface area contributed by atoms with Gasteiger partial charge in [0.15, 0.2) is 0 Å². The highest BCUT2D eigenvalue weighted by atomic mass is 127. The zero-order chi connectivity index (χ0) is 17.4. The van der Waals surface area contributed by atoms with Gasteiger partial charge >= 0.3 is 0 Å². The van der Waals surface area contributed by atoms with Crippen molar-refractivity contribution >= 4 is 46.1 Å². The molecule has 1 aliphatic rings. The van der Waals surface area contributed by atoms with Crippen LogP contribution in [-0.4, -0.2) is 15.7 Å². The Balaban J connectivity index is 1.75. The average molecular weight is 465 g/mol. The lowest BCUT2D eigenvalue weighted by Gasteiger charge is -2.12. The van der Waals surface area contributed by atoms with Gasteiger partial charge in [0.2, 0.25) is 0 Å². The third-order valence-electron chi connectivity index (χ3n) is 3.97. The Morgan fingerprint density at radius 2 is 1.92 bits per heavy atom. The van der Waals surface area contributed by atoms with E-state index in [0.29, 0.717) is 11.4 Å². The first kappa shape index (κ1) is 16.6. The summed E-state index contributed by atoms with van der Waals surface area (Å²) < 4.78 is 15.8. The van der Waals surface area contributed by atoms with Gasteiger partial charge in [-0.3, -0.25) is 4.79 Å². The van der Waals surface area contributed by atoms with E-state index in [1.165, 1.54) is 12.1 Å². The SMILES string of the molecule is O=C(Nc1c2c(nn1-c1ccc(F)cc1)CSC2)c1ccccc1I. The van der Waals surface area contributed by atoms with Crippen molar-refractivity contribution in [1.29, 1.82) is 0 Å². The first-order valence-electron chi connectivity index (χ1n) is 7.64. The molecule has 1 aliphatic heterocycles. The predicted molar refractivity (Wildman–Crippen MR) is 106 cm³/mol. The molecule has 0 atom stereocenters. The smallest absolute Gasteiger partial charge is 0.257 e. The molecular formula is C18H13FIN3OS. The number of aromatic nitrogens is 2. The van der Waals surface area contributed by atoms with E-state index in [2.05, 4.69) is 33.0 Å². The maximum absolute atomic E-state index is 13.2. The van der Waals surface area contributed by atoms with Crippen molar-refractivity contribution in [3.05, 3.63) is 74.7 Å². The molecule has 0 radical (unpaired) electrons. The molecule has 7 heteroatoms. The monoisotopic (exact) mass is 465 g/mol. The Labute approximate surface area is 162 Å². The summed E-state index contributed by atoms with van der Waals surface area (Å²) in [6, 6.07) is 13.5. The number of nitrogens with one attached hydrogen (secondary N) is 1. The summed E-state index contributed by atoms with van der Waals surface area (Å²) in [5.74, 6) is 1.81. The van der Waals surface area contributed by atoms with E-state index < -0.39 is 0 Å². The third-order valence-corrected chi connectivity index (χ3v) is 5.88. The van der Waals surface area contributed by atoms with Gasteiger partial charge in [-0.25, -0.2) is 9.07 Å². The van der Waals surface area contributed by atoms with Crippen LogP contribution in [0, 0.1) is 9.39 Å². The van der Waals surface area contributed by atoms with Crippen LogP contribution < -0.4 is 5.32 Å². The number of carbonyl (C=O) groups excluding carboxylic acids is 1. The van der Waals surface area contributed by atoms with Crippen LogP contribution in [0.2, 0.25) is 0 Å². The average Bonchev–Trinajstić information content (AvgIpc) is 3.19. The first-order chi connectivity index (χ1) is 12.1. The molecule has 0 unspecified atom stereocenters. The number of anilines is 1. The van der Waals surface area contributed by atoms with Crippen molar-refractivity contribution in [2.75, 3.05) is 5.32 Å². The first-order valence-corrected chi connectivity index (χ1v) is 9.87. The van der Waals surface area contributed by atoms with Gasteiger partial charge in [0.05, 0.1) is 16.9 Å². The van der Waals surface area contributed by atoms with Crippen LogP contribution in [0.4, 0.5) is 10.2 Å². The van der Waals surface area contributed by atoms with Gasteiger partial charge in [-0.2, -0.15) is 16.9 Å². The molecule has 2 aromatic carbocycles. The number of thioether (sulfide) groups is 1. The molecule has 0 aliphatic carbocycles. The summed E-state index contributed by atoms with van der Waals surface area (Å²) in [5, 5.41) is 7.63. The molecular weight excluding hydrogens is 452 g/mol. The van der Waals surface area contributed by atoms with E-state index in [1.807, 2.05) is 18.2 Å². The van der Waals surface area contributed by atoms with Crippen LogP contribution in [0.1, 0.15) is 21.6 Å². The van der Waals surface area contributed by atoms with Gasteiger partial charge in [0.25, 0.3) is 5.91 Å². The minimum Gasteiger partial charge on any atom is -0.306 e. The lowest BCUT2D eigenvalue weighted by molar-refractivity contribution is 0.102. The maximum atomic E-state index is 13.2. The molecule has 1 amide bonds. The summed E-state index contributed by atoms with van der Waals surface area (Å²) in [6.45, 7) is 0. The van der Waals surface area contributed by atoms with Crippen LogP contribution in [0.3, 0.4) is 0 Å². The number of benzene rings is 2. The Morgan fingerprint density at radius 3 is 2.68 bits per heavy atom. The van der Waals surface area contributed by atoms with E-state index in [1.54, 1.807) is 34.6 Å². The van der Waals surface area contributed by atoms with E-state index in [4.69, 9.17) is 0 Å². The summed E-state index contributed by atoms with van der Waals surface area (Å²) in [4.78, 5) is 12.7. The molecule has 4 rings (SSSR count). The molecule has 0 spiro atoms. The highest BCUT2D eigenvalue weighted by molar-refractivity contribution is 14.1. The normalized spacial score (nSPS) is 12.9. The highest BCUT2D eigenvalue weighted by Gasteiger charge is 2.25. The molecule has 0 saturated heterocycles. The van der Waals surface area contributed by atoms with Crippen LogP contribution >= 0.6 is 34.4 Å². The minimum atomic E-state index is -0.302. The van der Waals surface area contributed by atoms with Crippen molar-refractivity contribution in [1.82, 2.24) is 9.78 Å². The number of halogens is 2. The molecule has 4 nitrogen and oxygen atoms in total. The number of rotatable bonds is 3. The Kier molecular flexibility index (Phi) is 4.51. The zero-order valence-corrected chi connectivity index (χ0v) is 16.0. The lowest BCUT2D eigenvalue weighted by Crippen LogP contribution is -2.17. The lowest BCUT2D eigenvalue weighted by atomic mass is 10.2. The number of nitrogens with zero attached hydrogens (tertiary/aromatic N) is 2. The topological polar surface area (TPSA) is 46.9 Å². The molecule has 2 heterocycles. The van der Waals surface area contributed by atoms with Crippen molar-refractivity contribution in [2.24, 2.45) is 0 Å². The highest BCUT2D eigenvalue weighted by Crippen LogP contribution is 2.36. The third kappa shape index (κ3) is 3.18. The zero-order valence-electron chi connectivity index (χ0n) is 13.0. The fraction of sp³-hybridized carbons (Fsp3) is 0.111. The van der Waals surface area contributed by atoms with Crippen molar-refractivity contribution in [2.45, 2.75) is 11.5 Å². The van der Waals surface area contributed by atoms with Crippen molar-refractivity contribution in [3.63, 3.8) is 0 Å². The molecule has 126 valence electrons. The molecule has 0 bridgehead atoms. The summed E-state index contributed by atoms with van der Waals surface area (Å²) in [6.07, 6.45) is 0. The van der Waals surface area contributed by atoms with Crippen molar-refractivity contribution < 1.29 is 9.18 Å². The number of carbonyl (C=O) groups is 1. The number of fused-ring (bicyclic) bond motifs is 1. The maximum Gasteiger partial charge on any atom is 0.257 e. The quantitative estimate of drug-likeness (QED) is 0.575. The summed E-state index contributed by atoms with van der Waals surface area (Å²) in [7, 11) is 0. The predicted octanol–water partition coefficient (Wildman–Crippen LogP) is 4.62. The van der Waals surface area contributed by atoms with Crippen molar-refractivity contribution in [3.8, 4) is 5.69 Å². The Hall–Kier alpha value is -1.87. The van der Waals surface area contributed by atoms with E-state index in [0.717, 1.165) is 32.0 Å². The Morgan fingerprint density at radius 1 is 1.16 bits per heavy atom. The standard InChI is InChI=1S/C18H13FIN3OS/c19-11-5-7-12(8-6-11)23-17(14-9-25-10-16(14)22-23)21-18(24)13-3-1-2-4-15(13)20/h1-8H,9-10H2,(H,21,24). The van der Waals surface area contributed by atoms with Gasteiger partial charge in [0.1, 0.15) is 11.6 Å². The molecule has 0 saturated carbocycles. The van der Waals surface area contributed by atoms with Crippen LogP contribution in [-0.2, 0) is 11.5 Å². The minimum absolute atomic E-state index is 0.173. The number of hydrogen-bond donors (Lipinski definition) is 1. The van der Waals surface area contributed by atoms with E-state index in [9.17, 15) is 9.18 Å². The van der Waals surface area contributed by atoms with Crippen LogP contribution in [0.25, 0.3) is 5.69 Å². The van der Waals surface area contributed by atoms with E-state index in [-0.39, 0.29) is 11.7 Å².